The summed E-state index contributed by atoms with van der Waals surface area (Å²) in [7, 11) is 0. The maximum absolute atomic E-state index is 10.2. The fraction of sp³-hybridized carbons (Fsp3) is 0.278. The molecule has 0 saturated heterocycles. The van der Waals surface area contributed by atoms with Crippen LogP contribution in [0, 0.1) is 11.3 Å². The Morgan fingerprint density at radius 2 is 2.12 bits per heavy atom. The number of anilines is 1. The molecule has 2 heterocycles. The van der Waals surface area contributed by atoms with Crippen LogP contribution >= 0.6 is 0 Å². The number of pyridine rings is 1. The number of hydrogen-bond acceptors (Lipinski definition) is 7. The summed E-state index contributed by atoms with van der Waals surface area (Å²) in [4.78, 5) is 8.28. The number of amidine groups is 1. The van der Waals surface area contributed by atoms with Gasteiger partial charge in [0.05, 0.1) is 17.3 Å². The Hall–Kier alpha value is -3.11. The first-order valence-electron chi connectivity index (χ1n) is 8.00. The van der Waals surface area contributed by atoms with E-state index in [9.17, 15) is 5.11 Å². The zero-order chi connectivity index (χ0) is 17.6. The van der Waals surface area contributed by atoms with E-state index in [1.54, 1.807) is 12.1 Å². The number of aliphatic hydroxyl groups is 1. The summed E-state index contributed by atoms with van der Waals surface area (Å²) in [6, 6.07) is 13.5. The minimum absolute atomic E-state index is 0.127. The third kappa shape index (κ3) is 4.46. The maximum Gasteiger partial charge on any atom is 0.282 e. The topological polar surface area (TPSA) is 117 Å². The molecule has 25 heavy (non-hydrogen) atoms. The number of aromatic nitrogens is 1. The Kier molecular flexibility index (Phi) is 5.11. The highest BCUT2D eigenvalue weighted by Crippen LogP contribution is 2.18. The van der Waals surface area contributed by atoms with Crippen molar-refractivity contribution in [1.82, 2.24) is 4.98 Å². The molecule has 1 aromatic carbocycles. The summed E-state index contributed by atoms with van der Waals surface area (Å²) < 4.78 is 5.14. The molecule has 7 nitrogen and oxygen atoms in total. The first-order valence-corrected chi connectivity index (χ1v) is 8.00. The Balaban J connectivity index is 1.53. The predicted molar refractivity (Wildman–Crippen MR) is 93.7 cm³/mol. The largest absolute Gasteiger partial charge is 0.463 e. The quantitative estimate of drug-likeness (QED) is 0.691. The van der Waals surface area contributed by atoms with E-state index in [0.717, 1.165) is 18.5 Å². The molecule has 4 N–H and O–H groups in total. The van der Waals surface area contributed by atoms with Gasteiger partial charge in [0.2, 0.25) is 0 Å². The van der Waals surface area contributed by atoms with E-state index in [0.29, 0.717) is 17.9 Å². The minimum Gasteiger partial charge on any atom is -0.463 e. The molecule has 0 fully saturated rings. The van der Waals surface area contributed by atoms with Gasteiger partial charge in [-0.1, -0.05) is 12.1 Å². The lowest BCUT2D eigenvalue weighted by Crippen LogP contribution is -2.11. The molecule has 2 unspecified atom stereocenters. The van der Waals surface area contributed by atoms with Crippen LogP contribution in [0.1, 0.15) is 29.5 Å². The number of benzene rings is 1. The van der Waals surface area contributed by atoms with Gasteiger partial charge in [-0.2, -0.15) is 5.26 Å². The van der Waals surface area contributed by atoms with Crippen LogP contribution in [0.5, 0.6) is 0 Å². The molecule has 1 aliphatic heterocycles. The standard InChI is InChI=1S/C18H19N5O2/c19-9-13-4-8-16(21-10-13)17(24)22-14-5-1-12(2-6-14)3-7-15-11-25-18(20)23-15/h1-2,4-6,8,10,15,17,22,24H,3,7,11H2,(H2,20,23). The van der Waals surface area contributed by atoms with Crippen molar-refractivity contribution >= 4 is 11.7 Å². The molecule has 0 amide bonds. The summed E-state index contributed by atoms with van der Waals surface area (Å²) in [5, 5.41) is 21.9. The molecule has 1 aliphatic rings. The van der Waals surface area contributed by atoms with Gasteiger partial charge in [0, 0.05) is 11.9 Å². The monoisotopic (exact) mass is 337 g/mol. The van der Waals surface area contributed by atoms with Crippen molar-refractivity contribution in [2.45, 2.75) is 25.1 Å². The van der Waals surface area contributed by atoms with Crippen LogP contribution in [-0.4, -0.2) is 28.8 Å². The number of ether oxygens (including phenoxy) is 1. The Bertz CT molecular complexity index is 781. The van der Waals surface area contributed by atoms with Crippen molar-refractivity contribution in [3.05, 3.63) is 59.4 Å². The lowest BCUT2D eigenvalue weighted by Gasteiger charge is -2.14. The third-order valence-electron chi connectivity index (χ3n) is 3.95. The van der Waals surface area contributed by atoms with Gasteiger partial charge in [-0.15, -0.1) is 0 Å². The molecule has 0 radical (unpaired) electrons. The summed E-state index contributed by atoms with van der Waals surface area (Å²) in [5.41, 5.74) is 8.38. The first kappa shape index (κ1) is 16.7. The average Bonchev–Trinajstić information content (AvgIpc) is 3.06. The molecular weight excluding hydrogens is 318 g/mol. The highest BCUT2D eigenvalue weighted by molar-refractivity contribution is 5.73. The molecule has 0 saturated carbocycles. The molecule has 2 atom stereocenters. The number of hydrogen-bond donors (Lipinski definition) is 3. The lowest BCUT2D eigenvalue weighted by molar-refractivity contribution is 0.203. The summed E-state index contributed by atoms with van der Waals surface area (Å²) in [6.07, 6.45) is 2.26. The summed E-state index contributed by atoms with van der Waals surface area (Å²) in [5.74, 6) is 0. The van der Waals surface area contributed by atoms with E-state index in [-0.39, 0.29) is 12.1 Å². The number of nitrogens with zero attached hydrogens (tertiary/aromatic N) is 3. The SMILES string of the molecule is N#Cc1ccc(C(O)Nc2ccc(CCC3COC(N)=N3)cc2)nc1. The number of aliphatic hydroxyl groups excluding tert-OH is 1. The number of nitrogens with one attached hydrogen (secondary N) is 1. The Morgan fingerprint density at radius 1 is 1.32 bits per heavy atom. The van der Waals surface area contributed by atoms with E-state index in [2.05, 4.69) is 15.3 Å². The number of aliphatic imine (C=N–C) groups is 1. The fourth-order valence-corrected chi connectivity index (χ4v) is 2.55. The van der Waals surface area contributed by atoms with Gasteiger partial charge in [0.1, 0.15) is 12.7 Å². The number of rotatable bonds is 6. The highest BCUT2D eigenvalue weighted by atomic mass is 16.5. The van der Waals surface area contributed by atoms with Gasteiger partial charge in [0.25, 0.3) is 6.02 Å². The molecule has 3 rings (SSSR count). The van der Waals surface area contributed by atoms with E-state index >= 15 is 0 Å². The molecule has 1 aromatic heterocycles. The number of nitriles is 1. The second-order valence-corrected chi connectivity index (χ2v) is 5.80. The molecule has 2 aromatic rings. The van der Waals surface area contributed by atoms with Crippen LogP contribution in [-0.2, 0) is 11.2 Å². The van der Waals surface area contributed by atoms with Crippen LogP contribution in [0.25, 0.3) is 0 Å². The zero-order valence-electron chi connectivity index (χ0n) is 13.6. The van der Waals surface area contributed by atoms with Crippen LogP contribution in [0.4, 0.5) is 5.69 Å². The molecule has 0 bridgehead atoms. The van der Waals surface area contributed by atoms with Crippen LogP contribution < -0.4 is 11.1 Å². The van der Waals surface area contributed by atoms with Gasteiger partial charge in [-0.05, 0) is 42.7 Å². The fourth-order valence-electron chi connectivity index (χ4n) is 2.55. The average molecular weight is 337 g/mol. The molecule has 0 aliphatic carbocycles. The second kappa shape index (κ2) is 7.64. The van der Waals surface area contributed by atoms with Crippen molar-refractivity contribution in [2.24, 2.45) is 10.7 Å². The lowest BCUT2D eigenvalue weighted by atomic mass is 10.1. The smallest absolute Gasteiger partial charge is 0.282 e. The van der Waals surface area contributed by atoms with Crippen LogP contribution in [0.2, 0.25) is 0 Å². The number of aryl methyl sites for hydroxylation is 1. The Labute approximate surface area is 145 Å². The zero-order valence-corrected chi connectivity index (χ0v) is 13.6. The van der Waals surface area contributed by atoms with E-state index in [4.69, 9.17) is 15.7 Å². The van der Waals surface area contributed by atoms with Crippen LogP contribution in [0.15, 0.2) is 47.6 Å². The normalized spacial score (nSPS) is 17.3. The Morgan fingerprint density at radius 3 is 2.72 bits per heavy atom. The van der Waals surface area contributed by atoms with E-state index in [1.165, 1.54) is 11.8 Å². The van der Waals surface area contributed by atoms with Crippen molar-refractivity contribution in [3.8, 4) is 6.07 Å². The van der Waals surface area contributed by atoms with Gasteiger partial charge in [0.15, 0.2) is 6.23 Å². The molecule has 128 valence electrons. The maximum atomic E-state index is 10.2. The van der Waals surface area contributed by atoms with Gasteiger partial charge < -0.3 is 20.9 Å². The molecule has 0 spiro atoms. The number of nitrogens with two attached hydrogens (primary N) is 1. The van der Waals surface area contributed by atoms with Gasteiger partial charge >= 0.3 is 0 Å². The van der Waals surface area contributed by atoms with Crippen molar-refractivity contribution < 1.29 is 9.84 Å². The summed E-state index contributed by atoms with van der Waals surface area (Å²) in [6.45, 7) is 0.551. The van der Waals surface area contributed by atoms with Crippen molar-refractivity contribution in [3.63, 3.8) is 0 Å². The van der Waals surface area contributed by atoms with E-state index in [1.807, 2.05) is 30.3 Å². The van der Waals surface area contributed by atoms with E-state index < -0.39 is 6.23 Å². The van der Waals surface area contributed by atoms with Gasteiger partial charge in [-0.3, -0.25) is 4.98 Å². The van der Waals surface area contributed by atoms with Gasteiger partial charge in [-0.25, -0.2) is 4.99 Å². The summed E-state index contributed by atoms with van der Waals surface area (Å²) >= 11 is 0. The minimum atomic E-state index is -0.938. The predicted octanol–water partition coefficient (Wildman–Crippen LogP) is 1.70. The highest BCUT2D eigenvalue weighted by Gasteiger charge is 2.16. The molecule has 7 heteroatoms. The van der Waals surface area contributed by atoms with Crippen molar-refractivity contribution in [2.75, 3.05) is 11.9 Å². The third-order valence-corrected chi connectivity index (χ3v) is 3.95. The second-order valence-electron chi connectivity index (χ2n) is 5.80. The first-order chi connectivity index (χ1) is 12.1. The molecular formula is C18H19N5O2. The van der Waals surface area contributed by atoms with Crippen molar-refractivity contribution in [1.29, 1.82) is 5.26 Å². The van der Waals surface area contributed by atoms with Crippen LogP contribution in [0.3, 0.4) is 0 Å².